The molecule has 0 heterocycles. The van der Waals surface area contributed by atoms with Crippen LogP contribution in [0, 0.1) is 0 Å². The van der Waals surface area contributed by atoms with Crippen LogP contribution < -0.4 is 9.47 Å². The van der Waals surface area contributed by atoms with E-state index in [1.165, 1.54) is 13.2 Å². The molecule has 1 aromatic rings. The van der Waals surface area contributed by atoms with E-state index in [1.807, 2.05) is 25.1 Å². The molecule has 25 heavy (non-hydrogen) atoms. The van der Waals surface area contributed by atoms with Gasteiger partial charge in [-0.1, -0.05) is 6.07 Å². The summed E-state index contributed by atoms with van der Waals surface area (Å²) >= 11 is 0. The number of esters is 1. The van der Waals surface area contributed by atoms with Crippen molar-refractivity contribution < 1.29 is 23.8 Å². The first-order chi connectivity index (χ1) is 12.1. The van der Waals surface area contributed by atoms with Gasteiger partial charge in [-0.25, -0.2) is 0 Å². The molecule has 1 aromatic carbocycles. The van der Waals surface area contributed by atoms with Gasteiger partial charge in [0.15, 0.2) is 11.5 Å². The van der Waals surface area contributed by atoms with Crippen LogP contribution in [0.2, 0.25) is 0 Å². The summed E-state index contributed by atoms with van der Waals surface area (Å²) in [7, 11) is 2.93. The van der Waals surface area contributed by atoms with E-state index in [1.54, 1.807) is 18.1 Å². The number of carbonyl (C=O) groups excluding carboxylic acids is 2. The Kier molecular flexibility index (Phi) is 6.86. The summed E-state index contributed by atoms with van der Waals surface area (Å²) in [5.74, 6) is 0.894. The first kappa shape index (κ1) is 18.8. The molecule has 2 rings (SSSR count). The van der Waals surface area contributed by atoms with Crippen molar-refractivity contribution in [3.05, 3.63) is 29.8 Å². The van der Waals surface area contributed by atoms with Gasteiger partial charge in [0.2, 0.25) is 5.91 Å². The first-order valence-electron chi connectivity index (χ1n) is 8.45. The minimum atomic E-state index is -0.307. The predicted octanol–water partition coefficient (Wildman–Crippen LogP) is 2.66. The van der Waals surface area contributed by atoms with E-state index in [-0.39, 0.29) is 24.3 Å². The first-order valence-corrected chi connectivity index (χ1v) is 8.45. The smallest absolute Gasteiger partial charge is 0.307 e. The van der Waals surface area contributed by atoms with Crippen LogP contribution in [0.3, 0.4) is 0 Å². The van der Waals surface area contributed by atoms with Crippen molar-refractivity contribution in [1.82, 2.24) is 4.90 Å². The molecule has 0 aromatic heterocycles. The molecule has 0 unspecified atom stereocenters. The van der Waals surface area contributed by atoms with Crippen molar-refractivity contribution in [2.75, 3.05) is 27.4 Å². The third-order valence-corrected chi connectivity index (χ3v) is 3.96. The van der Waals surface area contributed by atoms with Crippen LogP contribution in [0.4, 0.5) is 0 Å². The van der Waals surface area contributed by atoms with Gasteiger partial charge >= 0.3 is 5.97 Å². The molecule has 0 aliphatic heterocycles. The number of rotatable bonds is 9. The Labute approximate surface area is 148 Å². The second-order valence-electron chi connectivity index (χ2n) is 5.77. The highest BCUT2D eigenvalue weighted by molar-refractivity contribution is 5.92. The Hall–Kier alpha value is -2.50. The van der Waals surface area contributed by atoms with Crippen molar-refractivity contribution in [2.24, 2.45) is 0 Å². The fraction of sp³-hybridized carbons (Fsp3) is 0.474. The average Bonchev–Trinajstić information content (AvgIpc) is 3.45. The van der Waals surface area contributed by atoms with Crippen LogP contribution in [0.1, 0.15) is 31.7 Å². The number of hydrogen-bond acceptors (Lipinski definition) is 5. The summed E-state index contributed by atoms with van der Waals surface area (Å²) in [6.07, 6.45) is 5.46. The number of ether oxygens (including phenoxy) is 3. The molecule has 0 N–H and O–H groups in total. The van der Waals surface area contributed by atoms with Crippen molar-refractivity contribution in [3.8, 4) is 11.5 Å². The Morgan fingerprint density at radius 3 is 2.60 bits per heavy atom. The highest BCUT2D eigenvalue weighted by Crippen LogP contribution is 2.29. The lowest BCUT2D eigenvalue weighted by atomic mass is 10.2. The minimum absolute atomic E-state index is 0.0979. The second kappa shape index (κ2) is 9.11. The third-order valence-electron chi connectivity index (χ3n) is 3.96. The average molecular weight is 347 g/mol. The van der Waals surface area contributed by atoms with Crippen LogP contribution in [0.25, 0.3) is 6.08 Å². The summed E-state index contributed by atoms with van der Waals surface area (Å²) in [6, 6.07) is 5.75. The van der Waals surface area contributed by atoms with E-state index >= 15 is 0 Å². The zero-order valence-electron chi connectivity index (χ0n) is 15.0. The monoisotopic (exact) mass is 347 g/mol. The number of carbonyl (C=O) groups is 2. The Morgan fingerprint density at radius 1 is 1.24 bits per heavy atom. The zero-order chi connectivity index (χ0) is 18.2. The number of benzene rings is 1. The normalized spacial score (nSPS) is 13.6. The maximum Gasteiger partial charge on any atom is 0.307 e. The van der Waals surface area contributed by atoms with E-state index in [0.717, 1.165) is 18.4 Å². The molecule has 0 bridgehead atoms. The van der Waals surface area contributed by atoms with Crippen LogP contribution in [0.5, 0.6) is 11.5 Å². The summed E-state index contributed by atoms with van der Waals surface area (Å²) in [5, 5.41) is 0. The van der Waals surface area contributed by atoms with Crippen LogP contribution >= 0.6 is 0 Å². The van der Waals surface area contributed by atoms with Crippen LogP contribution in [0.15, 0.2) is 24.3 Å². The summed E-state index contributed by atoms with van der Waals surface area (Å²) in [4.78, 5) is 25.5. The Bertz CT molecular complexity index is 637. The van der Waals surface area contributed by atoms with Gasteiger partial charge in [0, 0.05) is 18.7 Å². The largest absolute Gasteiger partial charge is 0.493 e. The fourth-order valence-electron chi connectivity index (χ4n) is 2.50. The molecule has 1 aliphatic carbocycles. The number of nitrogens with zero attached hydrogens (tertiary/aromatic N) is 1. The van der Waals surface area contributed by atoms with Crippen LogP contribution in [-0.4, -0.2) is 50.2 Å². The van der Waals surface area contributed by atoms with Crippen molar-refractivity contribution in [1.29, 1.82) is 0 Å². The van der Waals surface area contributed by atoms with Crippen molar-refractivity contribution in [2.45, 2.75) is 32.2 Å². The highest BCUT2D eigenvalue weighted by Gasteiger charge is 2.31. The molecule has 136 valence electrons. The molecule has 1 amide bonds. The zero-order valence-corrected chi connectivity index (χ0v) is 15.0. The molecule has 1 fully saturated rings. The molecule has 1 aliphatic rings. The Morgan fingerprint density at radius 2 is 2.00 bits per heavy atom. The highest BCUT2D eigenvalue weighted by atomic mass is 16.5. The molecular formula is C19H25NO5. The van der Waals surface area contributed by atoms with Crippen molar-refractivity contribution in [3.63, 3.8) is 0 Å². The van der Waals surface area contributed by atoms with Gasteiger partial charge in [-0.3, -0.25) is 9.59 Å². The summed E-state index contributed by atoms with van der Waals surface area (Å²) in [6.45, 7) is 2.85. The quantitative estimate of drug-likeness (QED) is 0.507. The number of methoxy groups -OCH3 is 2. The van der Waals surface area contributed by atoms with Gasteiger partial charge in [0.25, 0.3) is 0 Å². The van der Waals surface area contributed by atoms with E-state index in [4.69, 9.17) is 9.47 Å². The van der Waals surface area contributed by atoms with Crippen LogP contribution in [-0.2, 0) is 14.3 Å². The minimum Gasteiger partial charge on any atom is -0.493 e. The fourth-order valence-corrected chi connectivity index (χ4v) is 2.50. The summed E-state index contributed by atoms with van der Waals surface area (Å²) < 4.78 is 15.4. The third kappa shape index (κ3) is 5.52. The van der Waals surface area contributed by atoms with Crippen molar-refractivity contribution >= 4 is 18.0 Å². The van der Waals surface area contributed by atoms with Gasteiger partial charge in [0.05, 0.1) is 27.2 Å². The lowest BCUT2D eigenvalue weighted by Gasteiger charge is -2.20. The summed E-state index contributed by atoms with van der Waals surface area (Å²) in [5.41, 5.74) is 0.845. The Balaban J connectivity index is 2.03. The van der Waals surface area contributed by atoms with Gasteiger partial charge in [-0.15, -0.1) is 0 Å². The maximum atomic E-state index is 12.5. The van der Waals surface area contributed by atoms with Gasteiger partial charge in [-0.05, 0) is 43.5 Å². The van der Waals surface area contributed by atoms with Gasteiger partial charge in [0.1, 0.15) is 0 Å². The predicted molar refractivity (Wildman–Crippen MR) is 94.6 cm³/mol. The van der Waals surface area contributed by atoms with E-state index in [9.17, 15) is 9.59 Å². The van der Waals surface area contributed by atoms with E-state index < -0.39 is 0 Å². The molecule has 0 spiro atoms. The van der Waals surface area contributed by atoms with E-state index in [2.05, 4.69) is 4.74 Å². The lowest BCUT2D eigenvalue weighted by molar-refractivity contribution is -0.141. The molecule has 0 atom stereocenters. The maximum absolute atomic E-state index is 12.5. The molecule has 6 heteroatoms. The van der Waals surface area contributed by atoms with Gasteiger partial charge in [-0.2, -0.15) is 0 Å². The number of amides is 1. The molecule has 0 saturated heterocycles. The standard InChI is InChI=1S/C19H25NO5/c1-4-25-16-9-5-14(13-17(16)23-2)6-10-18(21)20(15-7-8-15)12-11-19(22)24-3/h5-6,9-10,13,15H,4,7-8,11-12H2,1-3H3/b10-6+. The molecule has 0 radical (unpaired) electrons. The lowest BCUT2D eigenvalue weighted by Crippen LogP contribution is -2.33. The van der Waals surface area contributed by atoms with E-state index in [0.29, 0.717) is 24.7 Å². The van der Waals surface area contributed by atoms with Gasteiger partial charge < -0.3 is 19.1 Å². The molecular weight excluding hydrogens is 322 g/mol. The molecule has 6 nitrogen and oxygen atoms in total. The number of hydrogen-bond donors (Lipinski definition) is 0. The SMILES string of the molecule is CCOc1ccc(/C=C/C(=O)N(CCC(=O)OC)C2CC2)cc1OC. The topological polar surface area (TPSA) is 65.1 Å². The molecule has 1 saturated carbocycles. The second-order valence-corrected chi connectivity index (χ2v) is 5.77.